The Hall–Kier alpha value is -1.46. The minimum Gasteiger partial charge on any atom is -0.491 e. The first-order chi connectivity index (χ1) is 9.63. The summed E-state index contributed by atoms with van der Waals surface area (Å²) in [6.07, 6.45) is 5.33. The maximum atomic E-state index is 6.08. The van der Waals surface area contributed by atoms with Gasteiger partial charge in [-0.2, -0.15) is 5.10 Å². The zero-order chi connectivity index (χ0) is 14.5. The molecule has 0 aliphatic carbocycles. The molecular weight excluding hydrogens is 342 g/mol. The van der Waals surface area contributed by atoms with Crippen molar-refractivity contribution >= 4 is 39.4 Å². The lowest BCUT2D eigenvalue weighted by molar-refractivity contribution is 0.339. The molecule has 0 fully saturated rings. The van der Waals surface area contributed by atoms with Gasteiger partial charge in [0.2, 0.25) is 0 Å². The van der Waals surface area contributed by atoms with Gasteiger partial charge >= 0.3 is 0 Å². The molecule has 0 amide bonds. The molecule has 4 nitrogen and oxygen atoms in total. The van der Waals surface area contributed by atoms with Gasteiger partial charge in [-0.3, -0.25) is 0 Å². The highest BCUT2D eigenvalue weighted by atomic mass is 79.9. The van der Waals surface area contributed by atoms with Gasteiger partial charge in [0.05, 0.1) is 23.0 Å². The fourth-order valence-corrected chi connectivity index (χ4v) is 2.67. The molecule has 1 aromatic heterocycles. The van der Waals surface area contributed by atoms with Crippen LogP contribution in [0.2, 0.25) is 5.02 Å². The lowest BCUT2D eigenvalue weighted by atomic mass is 10.2. The van der Waals surface area contributed by atoms with E-state index in [9.17, 15) is 0 Å². The molecule has 20 heavy (non-hydrogen) atoms. The van der Waals surface area contributed by atoms with Crippen molar-refractivity contribution in [2.75, 3.05) is 11.9 Å². The third-order valence-electron chi connectivity index (χ3n) is 2.62. The molecule has 0 unspecified atom stereocenters. The van der Waals surface area contributed by atoms with Crippen LogP contribution in [-0.4, -0.2) is 16.4 Å². The monoisotopic (exact) mass is 355 g/mol. The Labute approximate surface area is 131 Å². The minimum absolute atomic E-state index is 0.587. The van der Waals surface area contributed by atoms with Crippen molar-refractivity contribution in [3.8, 4) is 5.75 Å². The topological polar surface area (TPSA) is 39.1 Å². The van der Waals surface area contributed by atoms with Crippen molar-refractivity contribution in [3.63, 3.8) is 0 Å². The van der Waals surface area contributed by atoms with Crippen LogP contribution in [-0.2, 0) is 6.54 Å². The van der Waals surface area contributed by atoms with Crippen LogP contribution in [0.15, 0.2) is 35.6 Å². The molecule has 2 rings (SSSR count). The number of ether oxygens (including phenoxy) is 1. The van der Waals surface area contributed by atoms with E-state index in [-0.39, 0.29) is 0 Å². The third kappa shape index (κ3) is 3.55. The van der Waals surface area contributed by atoms with Crippen LogP contribution in [0.25, 0.3) is 6.20 Å². The zero-order valence-electron chi connectivity index (χ0n) is 11.1. The number of anilines is 1. The highest BCUT2D eigenvalue weighted by Crippen LogP contribution is 2.36. The SMILES string of the molecule is C=Cn1cc(CNc2cc(Cl)cc(Br)c2OCC)cn1. The van der Waals surface area contributed by atoms with E-state index in [1.807, 2.05) is 25.3 Å². The quantitative estimate of drug-likeness (QED) is 0.833. The summed E-state index contributed by atoms with van der Waals surface area (Å²) in [7, 11) is 0. The molecule has 0 aliphatic rings. The minimum atomic E-state index is 0.587. The van der Waals surface area contributed by atoms with Gasteiger partial charge in [0, 0.05) is 29.5 Å². The van der Waals surface area contributed by atoms with Gasteiger partial charge < -0.3 is 10.1 Å². The fourth-order valence-electron chi connectivity index (χ4n) is 1.75. The Kier molecular flexibility index (Phi) is 5.09. The maximum Gasteiger partial charge on any atom is 0.156 e. The van der Waals surface area contributed by atoms with E-state index in [4.69, 9.17) is 16.3 Å². The van der Waals surface area contributed by atoms with Gasteiger partial charge in [-0.05, 0) is 35.0 Å². The molecule has 0 atom stereocenters. The van der Waals surface area contributed by atoms with Crippen LogP contribution in [0.5, 0.6) is 5.75 Å². The molecule has 1 heterocycles. The Morgan fingerprint density at radius 1 is 1.55 bits per heavy atom. The largest absolute Gasteiger partial charge is 0.491 e. The van der Waals surface area contributed by atoms with Gasteiger partial charge in [-0.1, -0.05) is 18.2 Å². The average Bonchev–Trinajstić information content (AvgIpc) is 2.88. The Morgan fingerprint density at radius 3 is 3.00 bits per heavy atom. The van der Waals surface area contributed by atoms with E-state index >= 15 is 0 Å². The van der Waals surface area contributed by atoms with Crippen LogP contribution in [0.1, 0.15) is 12.5 Å². The van der Waals surface area contributed by atoms with Crippen LogP contribution in [0.3, 0.4) is 0 Å². The van der Waals surface area contributed by atoms with Crippen molar-refractivity contribution in [1.29, 1.82) is 0 Å². The molecule has 1 N–H and O–H groups in total. The maximum absolute atomic E-state index is 6.08. The molecule has 6 heteroatoms. The van der Waals surface area contributed by atoms with Crippen molar-refractivity contribution in [2.45, 2.75) is 13.5 Å². The van der Waals surface area contributed by atoms with E-state index in [2.05, 4.69) is 32.9 Å². The van der Waals surface area contributed by atoms with E-state index in [1.54, 1.807) is 17.1 Å². The van der Waals surface area contributed by atoms with E-state index in [0.717, 1.165) is 21.5 Å². The van der Waals surface area contributed by atoms with Crippen molar-refractivity contribution in [2.24, 2.45) is 0 Å². The summed E-state index contributed by atoms with van der Waals surface area (Å²) >= 11 is 9.54. The van der Waals surface area contributed by atoms with Gasteiger partial charge in [-0.25, -0.2) is 4.68 Å². The molecule has 0 spiro atoms. The van der Waals surface area contributed by atoms with Gasteiger partial charge in [0.15, 0.2) is 5.75 Å². The lowest BCUT2D eigenvalue weighted by Gasteiger charge is -2.14. The number of rotatable bonds is 6. The second-order valence-electron chi connectivity index (χ2n) is 4.06. The molecule has 106 valence electrons. The summed E-state index contributed by atoms with van der Waals surface area (Å²) in [5, 5.41) is 8.08. The first-order valence-electron chi connectivity index (χ1n) is 6.15. The van der Waals surface area contributed by atoms with Crippen LogP contribution < -0.4 is 10.1 Å². The van der Waals surface area contributed by atoms with Crippen molar-refractivity contribution in [1.82, 2.24) is 9.78 Å². The summed E-state index contributed by atoms with van der Waals surface area (Å²) in [5.41, 5.74) is 1.89. The van der Waals surface area contributed by atoms with E-state index in [0.29, 0.717) is 18.2 Å². The molecule has 0 saturated heterocycles. The fraction of sp³-hybridized carbons (Fsp3) is 0.214. The molecule has 0 saturated carbocycles. The standard InChI is InChI=1S/C14H15BrClN3O/c1-3-19-9-10(8-18-19)7-17-13-6-11(16)5-12(15)14(13)20-4-2/h3,5-6,8-9,17H,1,4,7H2,2H3. The number of aromatic nitrogens is 2. The smallest absolute Gasteiger partial charge is 0.156 e. The van der Waals surface area contributed by atoms with Crippen molar-refractivity contribution < 1.29 is 4.74 Å². The van der Waals surface area contributed by atoms with Gasteiger partial charge in [-0.15, -0.1) is 0 Å². The summed E-state index contributed by atoms with van der Waals surface area (Å²) in [6, 6.07) is 3.66. The second-order valence-corrected chi connectivity index (χ2v) is 5.35. The normalized spacial score (nSPS) is 10.3. The Bertz CT molecular complexity index is 612. The molecule has 2 aromatic rings. The van der Waals surface area contributed by atoms with Crippen LogP contribution in [0.4, 0.5) is 5.69 Å². The number of halogens is 2. The second kappa shape index (κ2) is 6.81. The van der Waals surface area contributed by atoms with Gasteiger partial charge in [0.1, 0.15) is 0 Å². The predicted octanol–water partition coefficient (Wildman–Crippen LogP) is 4.41. The number of nitrogens with zero attached hydrogens (tertiary/aromatic N) is 2. The number of hydrogen-bond donors (Lipinski definition) is 1. The molecule has 1 aromatic carbocycles. The van der Waals surface area contributed by atoms with Crippen molar-refractivity contribution in [3.05, 3.63) is 46.2 Å². The molecule has 0 bridgehead atoms. The number of benzene rings is 1. The summed E-state index contributed by atoms with van der Waals surface area (Å²) < 4.78 is 8.12. The van der Waals surface area contributed by atoms with Gasteiger partial charge in [0.25, 0.3) is 0 Å². The van der Waals surface area contributed by atoms with E-state index < -0.39 is 0 Å². The Balaban J connectivity index is 2.17. The highest BCUT2D eigenvalue weighted by Gasteiger charge is 2.10. The van der Waals surface area contributed by atoms with Crippen LogP contribution >= 0.6 is 27.5 Å². The van der Waals surface area contributed by atoms with E-state index in [1.165, 1.54) is 0 Å². The first-order valence-corrected chi connectivity index (χ1v) is 7.32. The molecule has 0 aliphatic heterocycles. The third-order valence-corrected chi connectivity index (χ3v) is 3.43. The highest BCUT2D eigenvalue weighted by molar-refractivity contribution is 9.10. The molecular formula is C14H15BrClN3O. The Morgan fingerprint density at radius 2 is 2.35 bits per heavy atom. The van der Waals surface area contributed by atoms with Crippen LogP contribution in [0, 0.1) is 0 Å². The number of hydrogen-bond acceptors (Lipinski definition) is 3. The first kappa shape index (κ1) is 14.9. The average molecular weight is 357 g/mol. The summed E-state index contributed by atoms with van der Waals surface area (Å²) in [6.45, 7) is 6.82. The summed E-state index contributed by atoms with van der Waals surface area (Å²) in [4.78, 5) is 0. The summed E-state index contributed by atoms with van der Waals surface area (Å²) in [5.74, 6) is 0.757. The zero-order valence-corrected chi connectivity index (χ0v) is 13.4. The predicted molar refractivity (Wildman–Crippen MR) is 86.3 cm³/mol. The number of nitrogens with one attached hydrogen (secondary N) is 1. The molecule has 0 radical (unpaired) electrons. The lowest BCUT2D eigenvalue weighted by Crippen LogP contribution is -2.03.